The van der Waals surface area contributed by atoms with E-state index >= 15 is 0 Å². The van der Waals surface area contributed by atoms with Crippen LogP contribution in [0.3, 0.4) is 0 Å². The van der Waals surface area contributed by atoms with Crippen LogP contribution in [-0.4, -0.2) is 4.57 Å². The summed E-state index contributed by atoms with van der Waals surface area (Å²) in [5.74, 6) is 4.13. The molecule has 4 heterocycles. The molecule has 2 aromatic heterocycles. The molecule has 0 saturated carbocycles. The van der Waals surface area contributed by atoms with E-state index in [1.807, 2.05) is 6.07 Å². The average molecular weight is 626 g/mol. The molecule has 0 fully saturated rings. The van der Waals surface area contributed by atoms with Crippen LogP contribution >= 0.6 is 0 Å². The van der Waals surface area contributed by atoms with Gasteiger partial charge in [-0.2, -0.15) is 4.57 Å². The second-order valence-electron chi connectivity index (χ2n) is 13.5. The van der Waals surface area contributed by atoms with Crippen LogP contribution in [0.25, 0.3) is 29.0 Å². The van der Waals surface area contributed by atoms with Gasteiger partial charge in [0.2, 0.25) is 0 Å². The highest BCUT2D eigenvalue weighted by Crippen LogP contribution is 2.53. The molecule has 2 aliphatic heterocycles. The molecule has 0 spiro atoms. The fraction of sp³-hybridized carbons (Fsp3) is 0.186. The van der Waals surface area contributed by atoms with Gasteiger partial charge in [-0.1, -0.05) is 76.2 Å². The first-order valence-corrected chi connectivity index (χ1v) is 17.0. The highest BCUT2D eigenvalue weighted by atomic mass is 16.5. The van der Waals surface area contributed by atoms with Crippen molar-refractivity contribution in [3.8, 4) is 17.3 Å². The van der Waals surface area contributed by atoms with Crippen LogP contribution in [0.5, 0.6) is 11.5 Å². The molecule has 48 heavy (non-hydrogen) atoms. The molecule has 5 heteroatoms. The lowest BCUT2D eigenvalue weighted by molar-refractivity contribution is -0.563. The molecule has 5 nitrogen and oxygen atoms in total. The first kappa shape index (κ1) is 28.5. The van der Waals surface area contributed by atoms with Crippen molar-refractivity contribution in [3.05, 3.63) is 144 Å². The number of benzene rings is 3. The third kappa shape index (κ3) is 4.29. The van der Waals surface area contributed by atoms with Crippen LogP contribution in [-0.2, 0) is 6.42 Å². The van der Waals surface area contributed by atoms with Crippen LogP contribution in [0, 0.1) is 12.1 Å². The minimum absolute atomic E-state index is 0.327. The van der Waals surface area contributed by atoms with Gasteiger partial charge in [0.25, 0.3) is 5.82 Å². The van der Waals surface area contributed by atoms with Crippen molar-refractivity contribution in [2.24, 2.45) is 0 Å². The summed E-state index contributed by atoms with van der Waals surface area (Å²) < 4.78 is 11.3. The minimum Gasteiger partial charge on any atom is -0.448 e. The quantitative estimate of drug-likeness (QED) is 0.183. The number of anilines is 4. The summed E-state index contributed by atoms with van der Waals surface area (Å²) in [6, 6.07) is 39.0. The molecule has 9 rings (SSSR count). The molecule has 0 amide bonds. The fourth-order valence-corrected chi connectivity index (χ4v) is 7.68. The summed E-state index contributed by atoms with van der Waals surface area (Å²) in [6.45, 7) is 9.16. The zero-order valence-corrected chi connectivity index (χ0v) is 27.7. The Labute approximate surface area is 282 Å². The normalized spacial score (nSPS) is 14.4. The maximum Gasteiger partial charge on any atom is 0.291 e. The number of ether oxygens (including phenoxy) is 1. The number of pyridine rings is 1. The molecule has 0 saturated heterocycles. The zero-order valence-electron chi connectivity index (χ0n) is 27.7. The smallest absolute Gasteiger partial charge is 0.291 e. The number of aryl methyl sites for hydroxylation is 1. The van der Waals surface area contributed by atoms with Crippen molar-refractivity contribution in [1.29, 1.82) is 0 Å². The first-order chi connectivity index (χ1) is 23.5. The van der Waals surface area contributed by atoms with E-state index in [4.69, 9.17) is 4.74 Å². The van der Waals surface area contributed by atoms with Gasteiger partial charge in [-0.25, -0.2) is 4.57 Å². The van der Waals surface area contributed by atoms with Gasteiger partial charge in [-0.05, 0) is 78.3 Å². The van der Waals surface area contributed by atoms with Crippen LogP contribution in [0.4, 0.5) is 22.7 Å². The maximum absolute atomic E-state index is 6.58. The van der Waals surface area contributed by atoms with Gasteiger partial charge in [0.15, 0.2) is 11.6 Å². The van der Waals surface area contributed by atoms with Crippen molar-refractivity contribution in [1.82, 2.24) is 4.57 Å². The summed E-state index contributed by atoms with van der Waals surface area (Å²) in [7, 11) is 0. The SMILES string of the molecule is CC(C)c1cccc(C(C)C)c1N1C2=C[n+]3ccccc3-n3c4c(c5ccc(cc53)Oc3c#ccc(c3)N2c2ccccc21)CCC=C4. The van der Waals surface area contributed by atoms with Gasteiger partial charge in [0, 0.05) is 35.2 Å². The number of nitrogens with zero attached hydrogens (tertiary/aromatic N) is 4. The number of hydrogen-bond donors (Lipinski definition) is 0. The second-order valence-corrected chi connectivity index (χ2v) is 13.5. The predicted octanol–water partition coefficient (Wildman–Crippen LogP) is 10.6. The van der Waals surface area contributed by atoms with Crippen molar-refractivity contribution in [2.45, 2.75) is 52.4 Å². The Hall–Kier alpha value is -5.73. The Balaban J connectivity index is 1.41. The first-order valence-electron chi connectivity index (χ1n) is 17.0. The van der Waals surface area contributed by atoms with Gasteiger partial charge in [0.05, 0.1) is 28.9 Å². The van der Waals surface area contributed by atoms with Gasteiger partial charge >= 0.3 is 0 Å². The van der Waals surface area contributed by atoms with Crippen LogP contribution < -0.4 is 19.1 Å². The molecule has 0 radical (unpaired) electrons. The highest BCUT2D eigenvalue weighted by molar-refractivity contribution is 5.96. The average Bonchev–Trinajstić information content (AvgIpc) is 3.60. The van der Waals surface area contributed by atoms with Crippen molar-refractivity contribution >= 4 is 45.9 Å². The Morgan fingerprint density at radius 2 is 1.58 bits per heavy atom. The molecular weight excluding hydrogens is 589 g/mol. The predicted molar refractivity (Wildman–Crippen MR) is 195 cm³/mol. The number of allylic oxidation sites excluding steroid dienone is 1. The minimum atomic E-state index is 0.327. The number of para-hydroxylation sites is 3. The Kier molecular flexibility index (Phi) is 6.48. The molecule has 0 N–H and O–H groups in total. The Morgan fingerprint density at radius 1 is 0.812 bits per heavy atom. The van der Waals surface area contributed by atoms with E-state index in [2.05, 4.69) is 168 Å². The lowest BCUT2D eigenvalue weighted by atomic mass is 9.91. The van der Waals surface area contributed by atoms with Gasteiger partial charge in [-0.15, -0.1) is 0 Å². The molecule has 3 aliphatic rings. The molecular formula is C43H37N4O+. The second kappa shape index (κ2) is 10.9. The van der Waals surface area contributed by atoms with E-state index in [0.717, 1.165) is 52.8 Å². The van der Waals surface area contributed by atoms with Gasteiger partial charge in [0.1, 0.15) is 23.2 Å². The number of aromatic nitrogens is 2. The summed E-state index contributed by atoms with van der Waals surface area (Å²) in [4.78, 5) is 4.81. The Bertz CT molecular complexity index is 2280. The third-order valence-electron chi connectivity index (χ3n) is 9.84. The van der Waals surface area contributed by atoms with Crippen LogP contribution in [0.15, 0.2) is 109 Å². The zero-order chi connectivity index (χ0) is 32.5. The number of hydrogen-bond acceptors (Lipinski definition) is 3. The fourth-order valence-electron chi connectivity index (χ4n) is 7.68. The molecule has 4 aromatic carbocycles. The van der Waals surface area contributed by atoms with E-state index < -0.39 is 0 Å². The van der Waals surface area contributed by atoms with Crippen molar-refractivity contribution < 1.29 is 9.30 Å². The van der Waals surface area contributed by atoms with E-state index in [0.29, 0.717) is 17.6 Å². The third-order valence-corrected chi connectivity index (χ3v) is 9.84. The largest absolute Gasteiger partial charge is 0.448 e. The summed E-state index contributed by atoms with van der Waals surface area (Å²) in [5, 5.41) is 1.26. The van der Waals surface area contributed by atoms with E-state index in [1.165, 1.54) is 33.5 Å². The van der Waals surface area contributed by atoms with E-state index in [-0.39, 0.29) is 0 Å². The standard InChI is InChI=1S/C43H37N4O/c1-28(2)33-16-12-17-34(29(3)4)43(33)47-39-20-8-7-19-38(39)45-30-13-11-14-31(25-30)48-32-22-23-36-35-15-5-6-18-37(35)46(40(36)26-32)41-21-9-10-24-44(41)27-42(45)47/h6-10,12-13,16-29H,5,15H2,1-4H3/q+1. The van der Waals surface area contributed by atoms with Crippen molar-refractivity contribution in [2.75, 3.05) is 9.80 Å². The summed E-state index contributed by atoms with van der Waals surface area (Å²) in [6.07, 6.45) is 11.1. The molecule has 6 aromatic rings. The summed E-state index contributed by atoms with van der Waals surface area (Å²) >= 11 is 0. The molecule has 4 bridgehead atoms. The Morgan fingerprint density at radius 3 is 2.38 bits per heavy atom. The summed E-state index contributed by atoms with van der Waals surface area (Å²) in [5.41, 5.74) is 10.8. The number of rotatable bonds is 3. The van der Waals surface area contributed by atoms with Gasteiger partial charge < -0.3 is 4.74 Å². The van der Waals surface area contributed by atoms with E-state index in [1.54, 1.807) is 0 Å². The highest BCUT2D eigenvalue weighted by Gasteiger charge is 2.38. The maximum atomic E-state index is 6.58. The topological polar surface area (TPSA) is 24.5 Å². The lowest BCUT2D eigenvalue weighted by Gasteiger charge is -2.30. The molecule has 1 aliphatic carbocycles. The van der Waals surface area contributed by atoms with Crippen molar-refractivity contribution in [3.63, 3.8) is 0 Å². The molecule has 0 atom stereocenters. The molecule has 234 valence electrons. The van der Waals surface area contributed by atoms with Crippen LogP contribution in [0.2, 0.25) is 0 Å². The van der Waals surface area contributed by atoms with E-state index in [9.17, 15) is 0 Å². The number of fused-ring (bicyclic) bond motifs is 12. The van der Waals surface area contributed by atoms with Crippen LogP contribution in [0.1, 0.15) is 68.3 Å². The van der Waals surface area contributed by atoms with Gasteiger partial charge in [-0.3, -0.25) is 9.80 Å². The monoisotopic (exact) mass is 625 g/mol. The molecule has 0 unspecified atom stereocenters. The lowest BCUT2D eigenvalue weighted by Crippen LogP contribution is -2.36.